The molecule has 1 aromatic rings. The minimum absolute atomic E-state index is 0.660. The van der Waals surface area contributed by atoms with Crippen LogP contribution in [0.1, 0.15) is 43.9 Å². The van der Waals surface area contributed by atoms with Gasteiger partial charge in [-0.3, -0.25) is 4.90 Å². The smallest absolute Gasteiger partial charge is 0.0201 e. The van der Waals surface area contributed by atoms with Gasteiger partial charge in [0.25, 0.3) is 0 Å². The van der Waals surface area contributed by atoms with Crippen LogP contribution in [0.2, 0.25) is 0 Å². The summed E-state index contributed by atoms with van der Waals surface area (Å²) in [6.45, 7) is 8.36. The highest BCUT2D eigenvalue weighted by molar-refractivity contribution is 7.10. The van der Waals surface area contributed by atoms with Crippen molar-refractivity contribution in [2.75, 3.05) is 19.6 Å². The third-order valence-electron chi connectivity index (χ3n) is 4.55. The Morgan fingerprint density at radius 2 is 2.21 bits per heavy atom. The second-order valence-corrected chi connectivity index (χ2v) is 7.52. The lowest BCUT2D eigenvalue weighted by Gasteiger charge is -2.40. The van der Waals surface area contributed by atoms with E-state index in [0.29, 0.717) is 12.1 Å². The molecule has 2 heterocycles. The van der Waals surface area contributed by atoms with Gasteiger partial charge in [-0.15, -0.1) is 11.3 Å². The molecule has 2 fully saturated rings. The predicted octanol–water partition coefficient (Wildman–Crippen LogP) is 3.31. The molecular weight excluding hydrogens is 252 g/mol. The van der Waals surface area contributed by atoms with Crippen LogP contribution in [-0.2, 0) is 0 Å². The lowest BCUT2D eigenvalue weighted by atomic mass is 9.92. The van der Waals surface area contributed by atoms with Gasteiger partial charge in [0, 0.05) is 36.0 Å². The standard InChI is InChI=1S/C16H26N2S/c1-12(2)18-10-14(16-4-3-7-19-16)8-15(11-18)17-9-13-5-6-13/h3-4,7,12-15,17H,5-6,8-11H2,1-2H3. The van der Waals surface area contributed by atoms with Crippen LogP contribution in [0.25, 0.3) is 0 Å². The molecule has 0 amide bonds. The van der Waals surface area contributed by atoms with Crippen molar-refractivity contribution in [1.82, 2.24) is 10.2 Å². The molecule has 0 spiro atoms. The molecule has 2 unspecified atom stereocenters. The third kappa shape index (κ3) is 3.59. The predicted molar refractivity (Wildman–Crippen MR) is 82.9 cm³/mol. The van der Waals surface area contributed by atoms with Crippen molar-refractivity contribution < 1.29 is 0 Å². The first-order valence-electron chi connectivity index (χ1n) is 7.73. The molecular formula is C16H26N2S. The SMILES string of the molecule is CC(C)N1CC(NCC2CC2)CC(c2cccs2)C1. The summed E-state index contributed by atoms with van der Waals surface area (Å²) in [6, 6.07) is 5.86. The second kappa shape index (κ2) is 5.94. The van der Waals surface area contributed by atoms with Crippen LogP contribution in [0.5, 0.6) is 0 Å². The summed E-state index contributed by atoms with van der Waals surface area (Å²) in [6.07, 6.45) is 4.21. The van der Waals surface area contributed by atoms with Gasteiger partial charge in [-0.25, -0.2) is 0 Å². The minimum atomic E-state index is 0.660. The second-order valence-electron chi connectivity index (χ2n) is 6.54. The van der Waals surface area contributed by atoms with Crippen molar-refractivity contribution in [1.29, 1.82) is 0 Å². The zero-order chi connectivity index (χ0) is 13.2. The number of hydrogen-bond acceptors (Lipinski definition) is 3. The first-order valence-corrected chi connectivity index (χ1v) is 8.61. The normalized spacial score (nSPS) is 29.0. The van der Waals surface area contributed by atoms with Crippen molar-refractivity contribution in [2.24, 2.45) is 5.92 Å². The monoisotopic (exact) mass is 278 g/mol. The lowest BCUT2D eigenvalue weighted by Crippen LogP contribution is -2.51. The summed E-state index contributed by atoms with van der Waals surface area (Å²) >= 11 is 1.93. The highest BCUT2D eigenvalue weighted by Gasteiger charge is 2.31. The Morgan fingerprint density at radius 1 is 1.37 bits per heavy atom. The molecule has 1 aliphatic carbocycles. The highest BCUT2D eigenvalue weighted by atomic mass is 32.1. The molecule has 0 radical (unpaired) electrons. The van der Waals surface area contributed by atoms with E-state index in [1.165, 1.54) is 38.9 Å². The molecule has 1 N–H and O–H groups in total. The third-order valence-corrected chi connectivity index (χ3v) is 5.58. The molecule has 2 nitrogen and oxygen atoms in total. The topological polar surface area (TPSA) is 15.3 Å². The minimum Gasteiger partial charge on any atom is -0.312 e. The van der Waals surface area contributed by atoms with E-state index in [0.717, 1.165) is 11.8 Å². The first kappa shape index (κ1) is 13.6. The van der Waals surface area contributed by atoms with E-state index in [9.17, 15) is 0 Å². The van der Waals surface area contributed by atoms with E-state index in [4.69, 9.17) is 0 Å². The molecule has 1 aromatic heterocycles. The molecule has 2 aliphatic rings. The number of thiophene rings is 1. The van der Waals surface area contributed by atoms with Gasteiger partial charge < -0.3 is 5.32 Å². The molecule has 2 atom stereocenters. The fourth-order valence-electron chi connectivity index (χ4n) is 3.09. The quantitative estimate of drug-likeness (QED) is 0.889. The van der Waals surface area contributed by atoms with E-state index >= 15 is 0 Å². The van der Waals surface area contributed by atoms with Crippen molar-refractivity contribution in [3.8, 4) is 0 Å². The summed E-state index contributed by atoms with van der Waals surface area (Å²) < 4.78 is 0. The van der Waals surface area contributed by atoms with E-state index < -0.39 is 0 Å². The molecule has 19 heavy (non-hydrogen) atoms. The number of hydrogen-bond donors (Lipinski definition) is 1. The van der Waals surface area contributed by atoms with Gasteiger partial charge in [0.1, 0.15) is 0 Å². The Balaban J connectivity index is 1.63. The number of piperidine rings is 1. The van der Waals surface area contributed by atoms with E-state index in [1.54, 1.807) is 4.88 Å². The molecule has 3 heteroatoms. The highest BCUT2D eigenvalue weighted by Crippen LogP contribution is 2.32. The Bertz CT molecular complexity index is 383. The van der Waals surface area contributed by atoms with Crippen molar-refractivity contribution in [2.45, 2.75) is 51.1 Å². The fourth-order valence-corrected chi connectivity index (χ4v) is 3.92. The van der Waals surface area contributed by atoms with Crippen molar-refractivity contribution in [3.63, 3.8) is 0 Å². The van der Waals surface area contributed by atoms with Gasteiger partial charge >= 0.3 is 0 Å². The van der Waals surface area contributed by atoms with Crippen LogP contribution < -0.4 is 5.32 Å². The molecule has 3 rings (SSSR count). The number of nitrogens with zero attached hydrogens (tertiary/aromatic N) is 1. The molecule has 0 bridgehead atoms. The van der Waals surface area contributed by atoms with Gasteiger partial charge in [-0.1, -0.05) is 6.07 Å². The Labute approximate surface area is 121 Å². The number of likely N-dealkylation sites (tertiary alicyclic amines) is 1. The molecule has 1 saturated heterocycles. The van der Waals surface area contributed by atoms with Crippen LogP contribution in [0.15, 0.2) is 17.5 Å². The average molecular weight is 278 g/mol. The van der Waals surface area contributed by atoms with E-state index in [2.05, 4.69) is 41.6 Å². The molecule has 1 saturated carbocycles. The van der Waals surface area contributed by atoms with Crippen LogP contribution in [0.3, 0.4) is 0 Å². The average Bonchev–Trinajstić information content (AvgIpc) is 3.07. The summed E-state index contributed by atoms with van der Waals surface area (Å²) in [4.78, 5) is 4.22. The van der Waals surface area contributed by atoms with Crippen molar-refractivity contribution >= 4 is 11.3 Å². The van der Waals surface area contributed by atoms with Crippen LogP contribution in [0.4, 0.5) is 0 Å². The fraction of sp³-hybridized carbons (Fsp3) is 0.750. The van der Waals surface area contributed by atoms with Gasteiger partial charge in [-0.2, -0.15) is 0 Å². The van der Waals surface area contributed by atoms with E-state index in [1.807, 2.05) is 11.3 Å². The number of rotatable bonds is 5. The summed E-state index contributed by atoms with van der Waals surface area (Å²) in [5.41, 5.74) is 0. The Kier molecular flexibility index (Phi) is 4.25. The van der Waals surface area contributed by atoms with E-state index in [-0.39, 0.29) is 0 Å². The van der Waals surface area contributed by atoms with Crippen LogP contribution >= 0.6 is 11.3 Å². The van der Waals surface area contributed by atoms with Gasteiger partial charge in [0.05, 0.1) is 0 Å². The maximum Gasteiger partial charge on any atom is 0.0201 e. The Morgan fingerprint density at radius 3 is 2.84 bits per heavy atom. The van der Waals surface area contributed by atoms with Crippen LogP contribution in [0, 0.1) is 5.92 Å². The maximum atomic E-state index is 3.82. The van der Waals surface area contributed by atoms with Crippen LogP contribution in [-0.4, -0.2) is 36.6 Å². The Hall–Kier alpha value is -0.380. The maximum absolute atomic E-state index is 3.82. The van der Waals surface area contributed by atoms with Gasteiger partial charge in [0.2, 0.25) is 0 Å². The summed E-state index contributed by atoms with van der Waals surface area (Å²) in [7, 11) is 0. The largest absolute Gasteiger partial charge is 0.312 e. The summed E-state index contributed by atoms with van der Waals surface area (Å²) in [5, 5.41) is 6.04. The lowest BCUT2D eigenvalue weighted by molar-refractivity contribution is 0.138. The first-order chi connectivity index (χ1) is 9.22. The number of nitrogens with one attached hydrogen (secondary N) is 1. The molecule has 1 aliphatic heterocycles. The zero-order valence-corrected chi connectivity index (χ0v) is 13.0. The van der Waals surface area contributed by atoms with Gasteiger partial charge in [0.15, 0.2) is 0 Å². The van der Waals surface area contributed by atoms with Crippen molar-refractivity contribution in [3.05, 3.63) is 22.4 Å². The molecule has 106 valence electrons. The van der Waals surface area contributed by atoms with Gasteiger partial charge in [-0.05, 0) is 57.0 Å². The molecule has 0 aromatic carbocycles. The zero-order valence-electron chi connectivity index (χ0n) is 12.1. The summed E-state index contributed by atoms with van der Waals surface area (Å²) in [5.74, 6) is 1.71.